The summed E-state index contributed by atoms with van der Waals surface area (Å²) in [6.07, 6.45) is 2.38. The summed E-state index contributed by atoms with van der Waals surface area (Å²) in [5, 5.41) is 4.12. The maximum Gasteiger partial charge on any atom is 0.236 e. The molecule has 0 spiro atoms. The van der Waals surface area contributed by atoms with Crippen molar-refractivity contribution in [3.8, 4) is 0 Å². The highest BCUT2D eigenvalue weighted by molar-refractivity contribution is 6.30. The van der Waals surface area contributed by atoms with Gasteiger partial charge in [-0.3, -0.25) is 14.6 Å². The molecule has 1 atom stereocenters. The van der Waals surface area contributed by atoms with E-state index >= 15 is 0 Å². The molecule has 2 saturated heterocycles. The minimum absolute atomic E-state index is 0. The number of carbonyl (C=O) groups excluding carboxylic acids is 1. The highest BCUT2D eigenvalue weighted by atomic mass is 35.5. The third kappa shape index (κ3) is 7.41. The molecular formula is C19H31Cl3N4O. The van der Waals surface area contributed by atoms with Crippen molar-refractivity contribution >= 4 is 42.3 Å². The van der Waals surface area contributed by atoms with E-state index < -0.39 is 0 Å². The Bertz CT molecular complexity index is 582. The second-order valence-electron chi connectivity index (χ2n) is 7.15. The summed E-state index contributed by atoms with van der Waals surface area (Å²) >= 11 is 6.06. The largest absolute Gasteiger partial charge is 0.339 e. The minimum atomic E-state index is 0. The minimum Gasteiger partial charge on any atom is -0.339 e. The van der Waals surface area contributed by atoms with Crippen molar-refractivity contribution in [2.75, 3.05) is 52.9 Å². The monoisotopic (exact) mass is 436 g/mol. The van der Waals surface area contributed by atoms with Gasteiger partial charge in [0, 0.05) is 50.3 Å². The van der Waals surface area contributed by atoms with Gasteiger partial charge in [-0.05, 0) is 44.1 Å². The van der Waals surface area contributed by atoms with E-state index in [1.807, 2.05) is 30.1 Å². The molecular weight excluding hydrogens is 407 g/mol. The molecule has 1 aromatic rings. The molecule has 0 radical (unpaired) electrons. The smallest absolute Gasteiger partial charge is 0.236 e. The Balaban J connectivity index is 0.00000182. The molecule has 1 N–H and O–H groups in total. The van der Waals surface area contributed by atoms with Crippen LogP contribution < -0.4 is 5.32 Å². The molecule has 2 heterocycles. The van der Waals surface area contributed by atoms with Crippen LogP contribution in [0.25, 0.3) is 0 Å². The normalized spacial score (nSPS) is 21.3. The van der Waals surface area contributed by atoms with Gasteiger partial charge in [-0.1, -0.05) is 23.7 Å². The molecule has 154 valence electrons. The molecule has 3 rings (SSSR count). The summed E-state index contributed by atoms with van der Waals surface area (Å²) in [7, 11) is 2.01. The Labute approximate surface area is 180 Å². The Kier molecular flexibility index (Phi) is 11.0. The van der Waals surface area contributed by atoms with Gasteiger partial charge in [0.25, 0.3) is 0 Å². The van der Waals surface area contributed by atoms with Crippen LogP contribution in [0.3, 0.4) is 0 Å². The van der Waals surface area contributed by atoms with Crippen LogP contribution in [0, 0.1) is 0 Å². The first-order valence-electron chi connectivity index (χ1n) is 9.28. The zero-order valence-corrected chi connectivity index (χ0v) is 18.3. The fourth-order valence-corrected chi connectivity index (χ4v) is 3.99. The lowest BCUT2D eigenvalue weighted by molar-refractivity contribution is -0.134. The quantitative estimate of drug-likeness (QED) is 0.768. The van der Waals surface area contributed by atoms with E-state index in [2.05, 4.69) is 21.2 Å². The van der Waals surface area contributed by atoms with Gasteiger partial charge in [0.05, 0.1) is 6.54 Å². The maximum atomic E-state index is 12.6. The van der Waals surface area contributed by atoms with Crippen molar-refractivity contribution < 1.29 is 4.79 Å². The number of nitrogens with one attached hydrogen (secondary N) is 1. The van der Waals surface area contributed by atoms with Gasteiger partial charge in [0.2, 0.25) is 5.91 Å². The number of likely N-dealkylation sites (N-methyl/N-ethyl adjacent to an activating group) is 1. The van der Waals surface area contributed by atoms with Crippen molar-refractivity contribution in [3.63, 3.8) is 0 Å². The topological polar surface area (TPSA) is 38.8 Å². The van der Waals surface area contributed by atoms with Gasteiger partial charge < -0.3 is 10.2 Å². The molecule has 0 aromatic heterocycles. The van der Waals surface area contributed by atoms with E-state index in [-0.39, 0.29) is 30.7 Å². The fourth-order valence-electron chi connectivity index (χ4n) is 3.77. The van der Waals surface area contributed by atoms with Crippen LogP contribution in [0.2, 0.25) is 5.02 Å². The number of likely N-dealkylation sites (tertiary alicyclic amines) is 1. The molecule has 27 heavy (non-hydrogen) atoms. The molecule has 1 aromatic carbocycles. The van der Waals surface area contributed by atoms with E-state index in [1.54, 1.807) is 0 Å². The highest BCUT2D eigenvalue weighted by Crippen LogP contribution is 2.15. The maximum absolute atomic E-state index is 12.6. The SMILES string of the molecule is CNC1CCCN(CC(=O)N2CCN(Cc3cccc(Cl)c3)CC2)C1.Cl.Cl. The second-order valence-corrected chi connectivity index (χ2v) is 7.59. The molecule has 1 unspecified atom stereocenters. The molecule has 2 fully saturated rings. The van der Waals surface area contributed by atoms with Crippen molar-refractivity contribution in [1.82, 2.24) is 20.0 Å². The lowest BCUT2D eigenvalue weighted by Gasteiger charge is -2.37. The van der Waals surface area contributed by atoms with E-state index in [1.165, 1.54) is 18.4 Å². The van der Waals surface area contributed by atoms with E-state index in [0.717, 1.165) is 50.8 Å². The third-order valence-electron chi connectivity index (χ3n) is 5.29. The first-order valence-corrected chi connectivity index (χ1v) is 9.66. The van der Waals surface area contributed by atoms with Crippen molar-refractivity contribution in [2.45, 2.75) is 25.4 Å². The lowest BCUT2D eigenvalue weighted by Crippen LogP contribution is -2.53. The Morgan fingerprint density at radius 2 is 1.89 bits per heavy atom. The molecule has 2 aliphatic heterocycles. The molecule has 5 nitrogen and oxygen atoms in total. The van der Waals surface area contributed by atoms with Crippen LogP contribution in [0.5, 0.6) is 0 Å². The number of nitrogens with zero attached hydrogens (tertiary/aromatic N) is 3. The highest BCUT2D eigenvalue weighted by Gasteiger charge is 2.25. The number of benzene rings is 1. The average Bonchev–Trinajstić information content (AvgIpc) is 2.62. The molecule has 0 bridgehead atoms. The number of halogens is 3. The number of amides is 1. The number of hydrogen-bond acceptors (Lipinski definition) is 4. The fraction of sp³-hybridized carbons (Fsp3) is 0.632. The first-order chi connectivity index (χ1) is 12.1. The lowest BCUT2D eigenvalue weighted by atomic mass is 10.1. The van der Waals surface area contributed by atoms with Crippen LogP contribution in [0.4, 0.5) is 0 Å². The number of rotatable bonds is 5. The second kappa shape index (κ2) is 12.1. The summed E-state index contributed by atoms with van der Waals surface area (Å²) in [5.74, 6) is 0.277. The summed E-state index contributed by atoms with van der Waals surface area (Å²) in [6.45, 7) is 6.99. The first kappa shape index (κ1) is 24.5. The third-order valence-corrected chi connectivity index (χ3v) is 5.53. The van der Waals surface area contributed by atoms with Crippen LogP contribution in [-0.2, 0) is 11.3 Å². The molecule has 0 saturated carbocycles. The van der Waals surface area contributed by atoms with Crippen LogP contribution >= 0.6 is 36.4 Å². The number of carbonyl (C=O) groups is 1. The van der Waals surface area contributed by atoms with Crippen molar-refractivity contribution in [2.24, 2.45) is 0 Å². The zero-order valence-electron chi connectivity index (χ0n) is 15.9. The van der Waals surface area contributed by atoms with Gasteiger partial charge in [0.1, 0.15) is 0 Å². The summed E-state index contributed by atoms with van der Waals surface area (Å²) in [6, 6.07) is 8.55. The zero-order chi connectivity index (χ0) is 17.6. The predicted octanol–water partition coefficient (Wildman–Crippen LogP) is 2.51. The van der Waals surface area contributed by atoms with Gasteiger partial charge in [0.15, 0.2) is 0 Å². The van der Waals surface area contributed by atoms with Gasteiger partial charge in [-0.15, -0.1) is 24.8 Å². The van der Waals surface area contributed by atoms with E-state index in [9.17, 15) is 4.79 Å². The van der Waals surface area contributed by atoms with Gasteiger partial charge >= 0.3 is 0 Å². The van der Waals surface area contributed by atoms with E-state index in [0.29, 0.717) is 12.6 Å². The summed E-state index contributed by atoms with van der Waals surface area (Å²) in [5.41, 5.74) is 1.23. The Hall–Kier alpha value is -0.560. The molecule has 1 amide bonds. The van der Waals surface area contributed by atoms with Gasteiger partial charge in [-0.2, -0.15) is 0 Å². The number of piperidine rings is 1. The molecule has 2 aliphatic rings. The molecule has 0 aliphatic carbocycles. The number of piperazine rings is 1. The standard InChI is InChI=1S/C19H29ClN4O.2ClH/c1-21-18-6-3-7-23(14-18)15-19(25)24-10-8-22(9-11-24)13-16-4-2-5-17(20)12-16;;/h2,4-5,12,18,21H,3,6-11,13-15H2,1H3;2*1H. The van der Waals surface area contributed by atoms with Gasteiger partial charge in [-0.25, -0.2) is 0 Å². The molecule has 8 heteroatoms. The van der Waals surface area contributed by atoms with E-state index in [4.69, 9.17) is 11.6 Å². The van der Waals surface area contributed by atoms with Crippen molar-refractivity contribution in [1.29, 1.82) is 0 Å². The summed E-state index contributed by atoms with van der Waals surface area (Å²) < 4.78 is 0. The Morgan fingerprint density at radius 3 is 2.56 bits per heavy atom. The van der Waals surface area contributed by atoms with Crippen LogP contribution in [-0.4, -0.2) is 79.5 Å². The summed E-state index contributed by atoms with van der Waals surface area (Å²) in [4.78, 5) is 19.3. The average molecular weight is 438 g/mol. The van der Waals surface area contributed by atoms with Crippen LogP contribution in [0.15, 0.2) is 24.3 Å². The number of hydrogen-bond donors (Lipinski definition) is 1. The van der Waals surface area contributed by atoms with Crippen LogP contribution in [0.1, 0.15) is 18.4 Å². The predicted molar refractivity (Wildman–Crippen MR) is 116 cm³/mol. The van der Waals surface area contributed by atoms with Crippen molar-refractivity contribution in [3.05, 3.63) is 34.9 Å². The Morgan fingerprint density at radius 1 is 1.15 bits per heavy atom.